The number of hydrogen-bond donors (Lipinski definition) is 3. The minimum atomic E-state index is -0.486. The summed E-state index contributed by atoms with van der Waals surface area (Å²) in [4.78, 5) is 23.6. The molecular formula is C13H19N5O3. The molecule has 1 saturated heterocycles. The third-order valence-electron chi connectivity index (χ3n) is 3.37. The summed E-state index contributed by atoms with van der Waals surface area (Å²) < 4.78 is 6.88. The molecular weight excluding hydrogens is 274 g/mol. The van der Waals surface area contributed by atoms with Gasteiger partial charge in [-0.25, -0.2) is 0 Å². The van der Waals surface area contributed by atoms with E-state index in [2.05, 4.69) is 21.0 Å². The van der Waals surface area contributed by atoms with Gasteiger partial charge >= 0.3 is 0 Å². The van der Waals surface area contributed by atoms with E-state index >= 15 is 0 Å². The number of hydrogen-bond acceptors (Lipinski definition) is 5. The van der Waals surface area contributed by atoms with Crippen molar-refractivity contribution in [2.75, 3.05) is 25.0 Å². The number of anilines is 1. The number of rotatable bonds is 5. The van der Waals surface area contributed by atoms with Crippen LogP contribution in [0.4, 0.5) is 5.69 Å². The van der Waals surface area contributed by atoms with Gasteiger partial charge in [0.05, 0.1) is 18.5 Å². The maximum atomic E-state index is 12.0. The van der Waals surface area contributed by atoms with Gasteiger partial charge in [0.1, 0.15) is 12.6 Å². The van der Waals surface area contributed by atoms with Crippen LogP contribution >= 0.6 is 0 Å². The highest BCUT2D eigenvalue weighted by molar-refractivity contribution is 5.94. The van der Waals surface area contributed by atoms with Gasteiger partial charge in [-0.3, -0.25) is 14.3 Å². The first-order chi connectivity index (χ1) is 10.2. The minimum absolute atomic E-state index is 0.0571. The predicted molar refractivity (Wildman–Crippen MR) is 74.6 cm³/mol. The number of morpholine rings is 1. The van der Waals surface area contributed by atoms with Crippen LogP contribution in [0.15, 0.2) is 12.4 Å². The molecule has 2 amide bonds. The van der Waals surface area contributed by atoms with Gasteiger partial charge in [-0.15, -0.1) is 0 Å². The fourth-order valence-corrected chi connectivity index (χ4v) is 2.12. The summed E-state index contributed by atoms with van der Waals surface area (Å²) in [5.74, 6) is -0.262. The van der Waals surface area contributed by atoms with Crippen molar-refractivity contribution in [1.29, 1.82) is 0 Å². The van der Waals surface area contributed by atoms with Crippen molar-refractivity contribution < 1.29 is 14.3 Å². The lowest BCUT2D eigenvalue weighted by molar-refractivity contribution is -0.128. The Balaban J connectivity index is 1.49. The zero-order valence-electron chi connectivity index (χ0n) is 11.7. The van der Waals surface area contributed by atoms with E-state index in [0.29, 0.717) is 24.9 Å². The van der Waals surface area contributed by atoms with Gasteiger partial charge in [-0.05, 0) is 12.8 Å². The lowest BCUT2D eigenvalue weighted by atomic mass is 10.3. The molecule has 1 aliphatic heterocycles. The van der Waals surface area contributed by atoms with Crippen LogP contribution in [-0.2, 0) is 20.9 Å². The topological polar surface area (TPSA) is 97.3 Å². The van der Waals surface area contributed by atoms with Crippen LogP contribution in [-0.4, -0.2) is 53.4 Å². The molecule has 8 heteroatoms. The third kappa shape index (κ3) is 4.02. The molecule has 2 heterocycles. The van der Waals surface area contributed by atoms with Gasteiger partial charge in [-0.1, -0.05) is 0 Å². The average Bonchev–Trinajstić information content (AvgIpc) is 3.19. The van der Waals surface area contributed by atoms with Crippen molar-refractivity contribution in [3.8, 4) is 0 Å². The summed E-state index contributed by atoms with van der Waals surface area (Å²) in [6.45, 7) is 1.95. The average molecular weight is 293 g/mol. The quantitative estimate of drug-likeness (QED) is 0.653. The first-order valence-corrected chi connectivity index (χ1v) is 7.16. The van der Waals surface area contributed by atoms with E-state index in [1.54, 1.807) is 6.20 Å². The van der Waals surface area contributed by atoms with Crippen LogP contribution in [0.3, 0.4) is 0 Å². The van der Waals surface area contributed by atoms with Crippen molar-refractivity contribution >= 4 is 17.5 Å². The van der Waals surface area contributed by atoms with Crippen LogP contribution in [0.5, 0.6) is 0 Å². The monoisotopic (exact) mass is 293 g/mol. The Kier molecular flexibility index (Phi) is 4.16. The maximum Gasteiger partial charge on any atom is 0.254 e. The lowest BCUT2D eigenvalue weighted by Gasteiger charge is -2.22. The zero-order chi connectivity index (χ0) is 14.7. The Labute approximate surface area is 122 Å². The van der Waals surface area contributed by atoms with Crippen LogP contribution in [0.25, 0.3) is 0 Å². The molecule has 2 aliphatic rings. The van der Waals surface area contributed by atoms with Crippen molar-refractivity contribution in [2.45, 2.75) is 31.5 Å². The number of aromatic nitrogens is 2. The van der Waals surface area contributed by atoms with Gasteiger partial charge in [0.2, 0.25) is 5.91 Å². The number of amides is 2. The molecule has 0 spiro atoms. The highest BCUT2D eigenvalue weighted by atomic mass is 16.5. The molecule has 1 unspecified atom stereocenters. The number of carbonyl (C=O) groups excluding carboxylic acids is 2. The molecule has 21 heavy (non-hydrogen) atoms. The van der Waals surface area contributed by atoms with E-state index in [0.717, 1.165) is 19.4 Å². The second kappa shape index (κ2) is 6.23. The van der Waals surface area contributed by atoms with Crippen molar-refractivity contribution in [3.63, 3.8) is 0 Å². The van der Waals surface area contributed by atoms with Crippen LogP contribution in [0.2, 0.25) is 0 Å². The second-order valence-electron chi connectivity index (χ2n) is 5.32. The number of nitrogens with zero attached hydrogens (tertiary/aromatic N) is 2. The number of carbonyl (C=O) groups is 2. The van der Waals surface area contributed by atoms with Crippen molar-refractivity contribution in [3.05, 3.63) is 12.4 Å². The number of ether oxygens (including phenoxy) is 1. The van der Waals surface area contributed by atoms with E-state index in [1.165, 1.54) is 10.9 Å². The Morgan fingerprint density at radius 1 is 1.48 bits per heavy atom. The molecule has 114 valence electrons. The Bertz CT molecular complexity index is 520. The smallest absolute Gasteiger partial charge is 0.254 e. The second-order valence-corrected chi connectivity index (χ2v) is 5.32. The molecule has 1 aromatic rings. The van der Waals surface area contributed by atoms with Crippen molar-refractivity contribution in [1.82, 2.24) is 20.4 Å². The first kappa shape index (κ1) is 14.0. The lowest BCUT2D eigenvalue weighted by Crippen LogP contribution is -2.45. The zero-order valence-corrected chi connectivity index (χ0v) is 11.7. The highest BCUT2D eigenvalue weighted by Crippen LogP contribution is 2.18. The SMILES string of the molecule is O=C(Cn1cc(NC(=O)C2CNCCO2)cn1)NC1CC1. The van der Waals surface area contributed by atoms with E-state index in [9.17, 15) is 9.59 Å². The summed E-state index contributed by atoms with van der Waals surface area (Å²) in [5.41, 5.74) is 0.563. The molecule has 1 saturated carbocycles. The molecule has 2 fully saturated rings. The summed E-state index contributed by atoms with van der Waals surface area (Å²) in [7, 11) is 0. The third-order valence-corrected chi connectivity index (χ3v) is 3.37. The highest BCUT2D eigenvalue weighted by Gasteiger charge is 2.24. The first-order valence-electron chi connectivity index (χ1n) is 7.16. The van der Waals surface area contributed by atoms with Gasteiger partial charge in [0, 0.05) is 25.3 Å². The van der Waals surface area contributed by atoms with E-state index in [1.807, 2.05) is 0 Å². The largest absolute Gasteiger partial charge is 0.366 e. The fraction of sp³-hybridized carbons (Fsp3) is 0.615. The van der Waals surface area contributed by atoms with Crippen molar-refractivity contribution in [2.24, 2.45) is 0 Å². The summed E-state index contributed by atoms with van der Waals surface area (Å²) in [5, 5.41) is 12.8. The van der Waals surface area contributed by atoms with Crippen LogP contribution in [0.1, 0.15) is 12.8 Å². The summed E-state index contributed by atoms with van der Waals surface area (Å²) in [6, 6.07) is 0.336. The Morgan fingerprint density at radius 2 is 2.33 bits per heavy atom. The molecule has 0 bridgehead atoms. The molecule has 3 rings (SSSR count). The summed E-state index contributed by atoms with van der Waals surface area (Å²) >= 11 is 0. The molecule has 1 aromatic heterocycles. The number of nitrogens with one attached hydrogen (secondary N) is 3. The fourth-order valence-electron chi connectivity index (χ4n) is 2.12. The molecule has 3 N–H and O–H groups in total. The Morgan fingerprint density at radius 3 is 3.05 bits per heavy atom. The van der Waals surface area contributed by atoms with Crippen LogP contribution < -0.4 is 16.0 Å². The van der Waals surface area contributed by atoms with E-state index in [-0.39, 0.29) is 18.4 Å². The minimum Gasteiger partial charge on any atom is -0.366 e. The maximum absolute atomic E-state index is 12.0. The molecule has 8 nitrogen and oxygen atoms in total. The molecule has 1 atom stereocenters. The van der Waals surface area contributed by atoms with Gasteiger partial charge < -0.3 is 20.7 Å². The van der Waals surface area contributed by atoms with E-state index < -0.39 is 6.10 Å². The molecule has 0 aromatic carbocycles. The van der Waals surface area contributed by atoms with Gasteiger partial charge in [-0.2, -0.15) is 5.10 Å². The predicted octanol–water partition coefficient (Wildman–Crippen LogP) is -0.911. The normalized spacial score (nSPS) is 21.8. The van der Waals surface area contributed by atoms with E-state index in [4.69, 9.17) is 4.74 Å². The van der Waals surface area contributed by atoms with Gasteiger partial charge in [0.15, 0.2) is 0 Å². The molecule has 0 radical (unpaired) electrons. The standard InChI is InChI=1S/C13H19N5O3/c19-12(16-9-1-2-9)8-18-7-10(5-15-18)17-13(20)11-6-14-3-4-21-11/h5,7,9,11,14H,1-4,6,8H2,(H,16,19)(H,17,20). The summed E-state index contributed by atoms with van der Waals surface area (Å²) in [6.07, 6.45) is 4.79. The molecule has 1 aliphatic carbocycles. The Hall–Kier alpha value is -1.93. The van der Waals surface area contributed by atoms with Crippen LogP contribution in [0, 0.1) is 0 Å². The van der Waals surface area contributed by atoms with Gasteiger partial charge in [0.25, 0.3) is 5.91 Å².